The van der Waals surface area contributed by atoms with Crippen LogP contribution in [0.25, 0.3) is 27.3 Å². The quantitative estimate of drug-likeness (QED) is 0.284. The van der Waals surface area contributed by atoms with Crippen molar-refractivity contribution in [3.63, 3.8) is 0 Å². The summed E-state index contributed by atoms with van der Waals surface area (Å²) in [5.41, 5.74) is 7.13. The average molecular weight is 557 g/mol. The molecule has 1 aliphatic rings. The molecule has 2 radical (unpaired) electrons. The van der Waals surface area contributed by atoms with Crippen molar-refractivity contribution in [1.29, 1.82) is 0 Å². The molecule has 0 atom stereocenters. The van der Waals surface area contributed by atoms with Crippen molar-refractivity contribution >= 4 is 31.1 Å². The Labute approximate surface area is 185 Å². The minimum atomic E-state index is 0. The van der Waals surface area contributed by atoms with Gasteiger partial charge in [0, 0.05) is 9.52 Å². The first-order valence-corrected chi connectivity index (χ1v) is 10.1. The first-order chi connectivity index (χ1) is 10.8. The van der Waals surface area contributed by atoms with E-state index in [1.165, 1.54) is 34.4 Å². The Hall–Kier alpha value is -0.0630. The van der Waals surface area contributed by atoms with E-state index in [0.29, 0.717) is 6.04 Å². The summed E-state index contributed by atoms with van der Waals surface area (Å²) in [5, 5.41) is 5.39. The zero-order chi connectivity index (χ0) is 15.8. The predicted molar refractivity (Wildman–Crippen MR) is 101 cm³/mol. The minimum absolute atomic E-state index is 0. The summed E-state index contributed by atoms with van der Waals surface area (Å²) in [4.78, 5) is 0. The Morgan fingerprint density at radius 3 is 1.52 bits per heavy atom. The summed E-state index contributed by atoms with van der Waals surface area (Å²) in [6.07, 6.45) is 4.91. The van der Waals surface area contributed by atoms with Crippen LogP contribution in [0.15, 0.2) is 54.6 Å². The van der Waals surface area contributed by atoms with Gasteiger partial charge in [-0.15, -0.1) is 45.8 Å². The molecule has 0 unspecified atom stereocenters. The van der Waals surface area contributed by atoms with Crippen molar-refractivity contribution in [3.05, 3.63) is 60.3 Å². The first kappa shape index (κ1) is 27.2. The van der Waals surface area contributed by atoms with E-state index in [-0.39, 0.29) is 50.7 Å². The Morgan fingerprint density at radius 1 is 0.840 bits per heavy atom. The molecule has 0 bridgehead atoms. The minimum Gasteiger partial charge on any atom is -1.00 e. The van der Waals surface area contributed by atoms with Crippen LogP contribution in [0.4, 0.5) is 0 Å². The van der Waals surface area contributed by atoms with Crippen molar-refractivity contribution in [2.75, 3.05) is 0 Å². The molecule has 4 rings (SSSR count). The molecule has 1 aliphatic carbocycles. The maximum atomic E-state index is 7.13. The van der Waals surface area contributed by atoms with Gasteiger partial charge in [-0.1, -0.05) is 75.2 Å². The monoisotopic (exact) mass is 557 g/mol. The number of hydrogen-bond acceptors (Lipinski definition) is 0. The van der Waals surface area contributed by atoms with E-state index >= 15 is 0 Å². The Kier molecular flexibility index (Phi) is 16.3. The van der Waals surface area contributed by atoms with Gasteiger partial charge >= 0.3 is 25.8 Å². The molecule has 0 aliphatic heterocycles. The third-order valence-corrected chi connectivity index (χ3v) is 3.88. The number of rotatable bonds is 0. The molecule has 0 aromatic heterocycles. The number of benzene rings is 2. The van der Waals surface area contributed by atoms with E-state index in [9.17, 15) is 0 Å². The molecule has 0 amide bonds. The topological polar surface area (TPSA) is 23.8 Å². The maximum Gasteiger partial charge on any atom is 4.00 e. The van der Waals surface area contributed by atoms with Crippen molar-refractivity contribution in [2.24, 2.45) is 0 Å². The fraction of sp³-hybridized carbons (Fsp3) is 0.350. The number of hydrogen-bond donors (Lipinski definition) is 0. The van der Waals surface area contributed by atoms with Gasteiger partial charge in [0.1, 0.15) is 0 Å². The van der Waals surface area contributed by atoms with Crippen LogP contribution in [0.5, 0.6) is 0 Å². The van der Waals surface area contributed by atoms with E-state index in [4.69, 9.17) is 5.73 Å². The molecule has 25 heavy (non-hydrogen) atoms. The second-order valence-corrected chi connectivity index (χ2v) is 6.80. The van der Waals surface area contributed by atoms with Gasteiger partial charge in [0.15, 0.2) is 0 Å². The second-order valence-electron chi connectivity index (χ2n) is 5.80. The third-order valence-electron chi connectivity index (χ3n) is 3.88. The second kappa shape index (κ2) is 15.0. The van der Waals surface area contributed by atoms with Crippen LogP contribution >= 0.6 is 0 Å². The number of halogens is 2. The molecule has 5 heteroatoms. The van der Waals surface area contributed by atoms with Crippen LogP contribution in [0.3, 0.4) is 0 Å². The van der Waals surface area contributed by atoms with E-state index in [0.717, 1.165) is 22.4 Å². The van der Waals surface area contributed by atoms with Gasteiger partial charge in [0.2, 0.25) is 0 Å². The normalized spacial score (nSPS) is 12.6. The molecular weight excluding hydrogens is 532 g/mol. The van der Waals surface area contributed by atoms with Gasteiger partial charge in [0.25, 0.3) is 0 Å². The molecule has 132 valence electrons. The molecule has 0 spiro atoms. The standard InChI is InChI=1S/C13H9.C5H10N.C2H6Si.2ClH.Hf/c1-3-7-12-10(5-1)9-11-6-2-4-8-13(11)12;6-5-3-1-2-4-5;1-3-2;;;/h1-9H;5-6H,1-4H2;1-2H3;2*1H;/q2*-1;;;;+4/p-2. The van der Waals surface area contributed by atoms with Crippen molar-refractivity contribution in [2.45, 2.75) is 44.8 Å². The molecule has 3 aromatic rings. The van der Waals surface area contributed by atoms with E-state index in [2.05, 4.69) is 67.7 Å². The van der Waals surface area contributed by atoms with Crippen LogP contribution in [-0.2, 0) is 25.8 Å². The SMILES string of the molecule is C[Si]C.[Cl-].[Cl-].[Hf+4].[NH-]C1CCCC1.c1ccc2c(c1)[cH-]c1ccccc12. The Morgan fingerprint density at radius 2 is 1.20 bits per heavy atom. The smallest absolute Gasteiger partial charge is 1.00 e. The molecule has 0 saturated heterocycles. The zero-order valence-electron chi connectivity index (χ0n) is 14.9. The molecule has 1 saturated carbocycles. The molecule has 0 heterocycles. The van der Waals surface area contributed by atoms with E-state index < -0.39 is 0 Å². The van der Waals surface area contributed by atoms with Gasteiger partial charge in [-0.05, 0) is 0 Å². The summed E-state index contributed by atoms with van der Waals surface area (Å²) in [6, 6.07) is 19.6. The molecule has 1 N–H and O–H groups in total. The predicted octanol–water partition coefficient (Wildman–Crippen LogP) is 0.485. The molecule has 1 nitrogen and oxygen atoms in total. The van der Waals surface area contributed by atoms with Crippen LogP contribution in [0, 0.1) is 0 Å². The van der Waals surface area contributed by atoms with Crippen LogP contribution in [-0.4, -0.2) is 15.6 Å². The number of nitrogens with one attached hydrogen (secondary N) is 1. The van der Waals surface area contributed by atoms with Crippen molar-refractivity contribution in [3.8, 4) is 0 Å². The van der Waals surface area contributed by atoms with E-state index in [1.54, 1.807) is 0 Å². The largest absolute Gasteiger partial charge is 4.00 e. The summed E-state index contributed by atoms with van der Waals surface area (Å²) < 4.78 is 0. The Bertz CT molecular complexity index is 646. The zero-order valence-corrected chi connectivity index (χ0v) is 21.0. The summed E-state index contributed by atoms with van der Waals surface area (Å²) >= 11 is 0. The fourth-order valence-electron chi connectivity index (χ4n) is 2.83. The van der Waals surface area contributed by atoms with Gasteiger partial charge in [-0.2, -0.15) is 0 Å². The fourth-order valence-corrected chi connectivity index (χ4v) is 2.83. The maximum absolute atomic E-state index is 7.13. The van der Waals surface area contributed by atoms with Gasteiger partial charge in [-0.3, -0.25) is 0 Å². The van der Waals surface area contributed by atoms with Gasteiger partial charge < -0.3 is 30.5 Å². The van der Waals surface area contributed by atoms with Gasteiger partial charge in [0.05, 0.1) is 0 Å². The summed E-state index contributed by atoms with van der Waals surface area (Å²) in [5.74, 6) is 0. The first-order valence-electron chi connectivity index (χ1n) is 8.09. The number of fused-ring (bicyclic) bond motifs is 3. The van der Waals surface area contributed by atoms with Crippen LogP contribution < -0.4 is 24.8 Å². The molecular formula is C20H25Cl2HfNSi. The Balaban J connectivity index is 0. The van der Waals surface area contributed by atoms with Crippen molar-refractivity contribution in [1.82, 2.24) is 0 Å². The third kappa shape index (κ3) is 8.44. The van der Waals surface area contributed by atoms with Crippen LogP contribution in [0.2, 0.25) is 13.1 Å². The molecule has 1 fully saturated rings. The van der Waals surface area contributed by atoms with Crippen molar-refractivity contribution < 1.29 is 50.7 Å². The van der Waals surface area contributed by atoms with Crippen LogP contribution in [0.1, 0.15) is 25.7 Å². The van der Waals surface area contributed by atoms with E-state index in [1.807, 2.05) is 0 Å². The molecule has 3 aromatic carbocycles. The summed E-state index contributed by atoms with van der Waals surface area (Å²) in [7, 11) is 1.08. The summed E-state index contributed by atoms with van der Waals surface area (Å²) in [6.45, 7) is 4.31. The average Bonchev–Trinajstić information content (AvgIpc) is 3.15. The van der Waals surface area contributed by atoms with Gasteiger partial charge in [-0.25, -0.2) is 0 Å².